The van der Waals surface area contributed by atoms with Gasteiger partial charge in [0.1, 0.15) is 0 Å². The maximum Gasteiger partial charge on any atom is 0.243 e. The molecule has 4 rings (SSSR count). The van der Waals surface area contributed by atoms with Gasteiger partial charge in [0.15, 0.2) is 5.78 Å². The molecular formula is C27H43N3O3S. The number of carbonyl (C=O) groups excluding carboxylic acids is 1. The molecule has 0 radical (unpaired) electrons. The van der Waals surface area contributed by atoms with Crippen LogP contribution in [0.15, 0.2) is 29.2 Å². The van der Waals surface area contributed by atoms with E-state index in [0.29, 0.717) is 31.1 Å². The van der Waals surface area contributed by atoms with Crippen molar-refractivity contribution < 1.29 is 13.2 Å². The minimum Gasteiger partial charge on any atom is -0.303 e. The van der Waals surface area contributed by atoms with E-state index in [9.17, 15) is 13.2 Å². The molecule has 3 aliphatic rings. The first-order valence-corrected chi connectivity index (χ1v) is 14.9. The second kappa shape index (κ2) is 12.1. The van der Waals surface area contributed by atoms with Crippen LogP contribution in [0, 0.1) is 11.8 Å². The quantitative estimate of drug-likeness (QED) is 0.511. The van der Waals surface area contributed by atoms with E-state index in [0.717, 1.165) is 44.7 Å². The highest BCUT2D eigenvalue weighted by atomic mass is 32.2. The largest absolute Gasteiger partial charge is 0.303 e. The van der Waals surface area contributed by atoms with Crippen molar-refractivity contribution in [1.29, 1.82) is 0 Å². The van der Waals surface area contributed by atoms with Crippen LogP contribution in [0.2, 0.25) is 0 Å². The maximum absolute atomic E-state index is 13.1. The molecule has 6 nitrogen and oxygen atoms in total. The van der Waals surface area contributed by atoms with Crippen LogP contribution < -0.4 is 0 Å². The Balaban J connectivity index is 1.26. The fourth-order valence-corrected chi connectivity index (χ4v) is 7.17. The summed E-state index contributed by atoms with van der Waals surface area (Å²) in [4.78, 5) is 18.1. The SMILES string of the molecule is CC1CCN(S(=O)(=O)c2cccc(C(=O)CN3CCC(CCN4CCCCCC4)CC3)c2)CC1. The Bertz CT molecular complexity index is 895. The van der Waals surface area contributed by atoms with Gasteiger partial charge in [0.2, 0.25) is 10.0 Å². The summed E-state index contributed by atoms with van der Waals surface area (Å²) < 4.78 is 27.8. The molecule has 1 aromatic rings. The van der Waals surface area contributed by atoms with Crippen LogP contribution in [0.5, 0.6) is 0 Å². The molecule has 0 saturated carbocycles. The van der Waals surface area contributed by atoms with Crippen LogP contribution in [0.1, 0.15) is 75.1 Å². The van der Waals surface area contributed by atoms with Crippen molar-refractivity contribution in [2.24, 2.45) is 11.8 Å². The van der Waals surface area contributed by atoms with E-state index in [1.54, 1.807) is 28.6 Å². The molecule has 0 aliphatic carbocycles. The number of sulfonamides is 1. The van der Waals surface area contributed by atoms with Gasteiger partial charge in [-0.15, -0.1) is 0 Å². The lowest BCUT2D eigenvalue weighted by molar-refractivity contribution is 0.0888. The van der Waals surface area contributed by atoms with Crippen LogP contribution in [0.25, 0.3) is 0 Å². The summed E-state index contributed by atoms with van der Waals surface area (Å²) in [7, 11) is -3.54. The summed E-state index contributed by atoms with van der Waals surface area (Å²) in [6.45, 7) is 9.34. The molecule has 0 N–H and O–H groups in total. The van der Waals surface area contributed by atoms with E-state index < -0.39 is 10.0 Å². The molecule has 190 valence electrons. The molecule has 0 unspecified atom stereocenters. The molecule has 3 aliphatic heterocycles. The third-order valence-corrected chi connectivity index (χ3v) is 10.1. The zero-order valence-electron chi connectivity index (χ0n) is 21.0. The molecule has 3 saturated heterocycles. The van der Waals surface area contributed by atoms with Crippen molar-refractivity contribution in [2.75, 3.05) is 52.4 Å². The number of carbonyl (C=O) groups is 1. The van der Waals surface area contributed by atoms with Crippen molar-refractivity contribution in [3.05, 3.63) is 29.8 Å². The van der Waals surface area contributed by atoms with E-state index in [1.807, 2.05) is 0 Å². The van der Waals surface area contributed by atoms with Crippen molar-refractivity contribution in [3.63, 3.8) is 0 Å². The molecule has 0 amide bonds. The third-order valence-electron chi connectivity index (χ3n) is 8.16. The summed E-state index contributed by atoms with van der Waals surface area (Å²) in [5.41, 5.74) is 0.509. The Kier molecular flexibility index (Phi) is 9.19. The van der Waals surface area contributed by atoms with Crippen molar-refractivity contribution in [3.8, 4) is 0 Å². The molecule has 7 heteroatoms. The average Bonchev–Trinajstić information content (AvgIpc) is 3.13. The number of hydrogen-bond donors (Lipinski definition) is 0. The Morgan fingerprint density at radius 2 is 1.56 bits per heavy atom. The summed E-state index contributed by atoms with van der Waals surface area (Å²) in [6.07, 6.45) is 10.8. The maximum atomic E-state index is 13.1. The van der Waals surface area contributed by atoms with Gasteiger partial charge in [0.05, 0.1) is 11.4 Å². The molecule has 0 spiro atoms. The number of hydrogen-bond acceptors (Lipinski definition) is 5. The number of benzene rings is 1. The van der Waals surface area contributed by atoms with Crippen molar-refractivity contribution in [1.82, 2.24) is 14.1 Å². The van der Waals surface area contributed by atoms with E-state index in [2.05, 4.69) is 16.7 Å². The highest BCUT2D eigenvalue weighted by Gasteiger charge is 2.29. The zero-order chi connectivity index (χ0) is 24.0. The first kappa shape index (κ1) is 25.8. The number of rotatable bonds is 8. The van der Waals surface area contributed by atoms with E-state index in [-0.39, 0.29) is 10.7 Å². The average molecular weight is 490 g/mol. The van der Waals surface area contributed by atoms with Crippen molar-refractivity contribution in [2.45, 2.75) is 69.6 Å². The summed E-state index contributed by atoms with van der Waals surface area (Å²) in [5.74, 6) is 1.35. The second-order valence-electron chi connectivity index (χ2n) is 10.8. The Labute approximate surface area is 206 Å². The van der Waals surface area contributed by atoms with Gasteiger partial charge >= 0.3 is 0 Å². The molecular weight excluding hydrogens is 446 g/mol. The Morgan fingerprint density at radius 1 is 0.882 bits per heavy atom. The Morgan fingerprint density at radius 3 is 2.24 bits per heavy atom. The first-order valence-electron chi connectivity index (χ1n) is 13.5. The van der Waals surface area contributed by atoms with Crippen LogP contribution in [0.3, 0.4) is 0 Å². The van der Waals surface area contributed by atoms with Crippen molar-refractivity contribution >= 4 is 15.8 Å². The van der Waals surface area contributed by atoms with Gasteiger partial charge in [-0.05, 0) is 102 Å². The van der Waals surface area contributed by atoms with Crippen LogP contribution in [-0.4, -0.2) is 80.7 Å². The highest BCUT2D eigenvalue weighted by Crippen LogP contribution is 2.25. The number of nitrogens with zero attached hydrogens (tertiary/aromatic N) is 3. The van der Waals surface area contributed by atoms with Gasteiger partial charge < -0.3 is 4.90 Å². The second-order valence-corrected chi connectivity index (χ2v) is 12.7. The van der Waals surface area contributed by atoms with Crippen LogP contribution in [-0.2, 0) is 10.0 Å². The smallest absolute Gasteiger partial charge is 0.243 e. The van der Waals surface area contributed by atoms with Gasteiger partial charge in [-0.3, -0.25) is 9.69 Å². The topological polar surface area (TPSA) is 60.9 Å². The van der Waals surface area contributed by atoms with Gasteiger partial charge in [0.25, 0.3) is 0 Å². The molecule has 0 bridgehead atoms. The lowest BCUT2D eigenvalue weighted by Crippen LogP contribution is -2.39. The predicted molar refractivity (Wildman–Crippen MR) is 137 cm³/mol. The molecule has 0 atom stereocenters. The lowest BCUT2D eigenvalue weighted by atomic mass is 9.93. The molecule has 0 aromatic heterocycles. The highest BCUT2D eigenvalue weighted by molar-refractivity contribution is 7.89. The fourth-order valence-electron chi connectivity index (χ4n) is 5.66. The van der Waals surface area contributed by atoms with Gasteiger partial charge in [-0.1, -0.05) is 31.9 Å². The van der Waals surface area contributed by atoms with E-state index >= 15 is 0 Å². The summed E-state index contributed by atoms with van der Waals surface area (Å²) in [6, 6.07) is 6.68. The predicted octanol–water partition coefficient (Wildman–Crippen LogP) is 4.27. The first-order chi connectivity index (χ1) is 16.4. The van der Waals surface area contributed by atoms with E-state index in [1.165, 1.54) is 51.7 Å². The van der Waals surface area contributed by atoms with Gasteiger partial charge in [-0.2, -0.15) is 4.31 Å². The lowest BCUT2D eigenvalue weighted by Gasteiger charge is -2.32. The van der Waals surface area contributed by atoms with Crippen LogP contribution >= 0.6 is 0 Å². The monoisotopic (exact) mass is 489 g/mol. The molecule has 34 heavy (non-hydrogen) atoms. The minimum absolute atomic E-state index is 0.0207. The van der Waals surface area contributed by atoms with E-state index in [4.69, 9.17) is 0 Å². The number of ketones is 1. The fraction of sp³-hybridized carbons (Fsp3) is 0.741. The molecule has 3 heterocycles. The normalized spacial score (nSPS) is 23.1. The summed E-state index contributed by atoms with van der Waals surface area (Å²) >= 11 is 0. The van der Waals surface area contributed by atoms with Crippen LogP contribution in [0.4, 0.5) is 0 Å². The minimum atomic E-state index is -3.54. The Hall–Kier alpha value is -1.28. The number of piperidine rings is 2. The number of likely N-dealkylation sites (tertiary alicyclic amines) is 2. The standard InChI is InChI=1S/C27H43N3O3S/c1-23-9-19-30(20-10-23)34(32,33)26-8-6-7-25(21-26)27(31)22-29-17-12-24(13-18-29)11-16-28-14-4-2-3-5-15-28/h6-8,21,23-24H,2-5,9-20,22H2,1H3. The summed E-state index contributed by atoms with van der Waals surface area (Å²) in [5, 5.41) is 0. The van der Waals surface area contributed by atoms with Gasteiger partial charge in [-0.25, -0.2) is 8.42 Å². The van der Waals surface area contributed by atoms with Gasteiger partial charge in [0, 0.05) is 18.7 Å². The third kappa shape index (κ3) is 6.90. The molecule has 1 aromatic carbocycles. The molecule has 3 fully saturated rings. The zero-order valence-corrected chi connectivity index (χ0v) is 21.8. The number of Topliss-reactive ketones (excluding diaryl/α,β-unsaturated/α-hetero) is 1.